The van der Waals surface area contributed by atoms with Crippen LogP contribution in [0.2, 0.25) is 0 Å². The summed E-state index contributed by atoms with van der Waals surface area (Å²) >= 11 is 0. The molecule has 0 spiro atoms. The van der Waals surface area contributed by atoms with Crippen LogP contribution in [0.25, 0.3) is 22.0 Å². The number of benzene rings is 1. The highest BCUT2D eigenvalue weighted by atomic mass is 32.2. The Kier molecular flexibility index (Phi) is 8.39. The van der Waals surface area contributed by atoms with Crippen LogP contribution in [0.4, 0.5) is 0 Å². The van der Waals surface area contributed by atoms with Gasteiger partial charge in [0.05, 0.1) is 10.5 Å². The smallest absolute Gasteiger partial charge is 0.253 e. The van der Waals surface area contributed by atoms with E-state index in [1.165, 1.54) is 38.5 Å². The van der Waals surface area contributed by atoms with Gasteiger partial charge < -0.3 is 9.88 Å². The molecule has 0 atom stereocenters. The molecular weight excluding hydrogens is 520 g/mol. The normalized spacial score (nSPS) is 17.8. The largest absolute Gasteiger partial charge is 0.349 e. The van der Waals surface area contributed by atoms with E-state index < -0.39 is 15.6 Å². The van der Waals surface area contributed by atoms with E-state index in [1.807, 2.05) is 32.9 Å². The van der Waals surface area contributed by atoms with Gasteiger partial charge in [-0.3, -0.25) is 9.78 Å². The fourth-order valence-electron chi connectivity index (χ4n) is 6.55. The van der Waals surface area contributed by atoms with E-state index in [1.54, 1.807) is 24.5 Å². The van der Waals surface area contributed by atoms with Crippen molar-refractivity contribution in [2.75, 3.05) is 0 Å². The van der Waals surface area contributed by atoms with Gasteiger partial charge in [-0.05, 0) is 77.5 Å². The van der Waals surface area contributed by atoms with Crippen molar-refractivity contribution >= 4 is 26.7 Å². The first-order valence-electron chi connectivity index (χ1n) is 15.0. The molecule has 40 heavy (non-hydrogen) atoms. The number of carbonyl (C=O) groups excluding carboxylic acids is 1. The minimum absolute atomic E-state index is 0.0101. The summed E-state index contributed by atoms with van der Waals surface area (Å²) in [5.74, 6) is 0.553. The molecule has 7 nitrogen and oxygen atoms in total. The van der Waals surface area contributed by atoms with Crippen molar-refractivity contribution in [1.82, 2.24) is 19.6 Å². The number of carbonyl (C=O) groups is 1. The number of pyridine rings is 1. The van der Waals surface area contributed by atoms with Gasteiger partial charge in [0.25, 0.3) is 5.91 Å². The standard InChI is InChI=1S/C32H44N4O3S/c1-22-27(31(37)34-24-13-9-6-10-14-24)19-29(36(22)21-23-11-7-5-8-12-23)25-15-16-30(26-17-18-33-20-28(25)26)40(38,39)35-32(2,3)4/h15-20,23-24,35H,5-14,21H2,1-4H3,(H,34,37). The molecule has 0 bridgehead atoms. The van der Waals surface area contributed by atoms with Crippen molar-refractivity contribution in [2.24, 2.45) is 5.92 Å². The summed E-state index contributed by atoms with van der Waals surface area (Å²) in [5, 5.41) is 4.70. The molecule has 2 aliphatic rings. The van der Waals surface area contributed by atoms with Crippen LogP contribution in [0.15, 0.2) is 41.6 Å². The fraction of sp³-hybridized carbons (Fsp3) is 0.562. The predicted molar refractivity (Wildman–Crippen MR) is 161 cm³/mol. The number of rotatable bonds is 7. The summed E-state index contributed by atoms with van der Waals surface area (Å²) in [6, 6.07) is 7.60. The molecule has 216 valence electrons. The van der Waals surface area contributed by atoms with Crippen LogP contribution in [0.3, 0.4) is 0 Å². The van der Waals surface area contributed by atoms with Gasteiger partial charge >= 0.3 is 0 Å². The quantitative estimate of drug-likeness (QED) is 0.333. The Morgan fingerprint density at radius 1 is 0.975 bits per heavy atom. The summed E-state index contributed by atoms with van der Waals surface area (Å²) in [6.07, 6.45) is 15.2. The predicted octanol–water partition coefficient (Wildman–Crippen LogP) is 6.73. The van der Waals surface area contributed by atoms with Gasteiger partial charge in [0.2, 0.25) is 10.0 Å². The monoisotopic (exact) mass is 564 g/mol. The Morgan fingerprint density at radius 3 is 2.33 bits per heavy atom. The molecule has 2 fully saturated rings. The van der Waals surface area contributed by atoms with Crippen molar-refractivity contribution in [1.29, 1.82) is 0 Å². The van der Waals surface area contributed by atoms with E-state index in [0.29, 0.717) is 16.9 Å². The average Bonchev–Trinajstić information content (AvgIpc) is 3.23. The van der Waals surface area contributed by atoms with Gasteiger partial charge in [-0.1, -0.05) is 44.6 Å². The molecule has 0 aliphatic heterocycles. The van der Waals surface area contributed by atoms with Crippen LogP contribution < -0.4 is 10.0 Å². The molecule has 2 N–H and O–H groups in total. The average molecular weight is 565 g/mol. The zero-order valence-corrected chi connectivity index (χ0v) is 25.2. The molecule has 2 aliphatic carbocycles. The van der Waals surface area contributed by atoms with E-state index >= 15 is 0 Å². The molecule has 0 saturated heterocycles. The highest BCUT2D eigenvalue weighted by molar-refractivity contribution is 7.89. The van der Waals surface area contributed by atoms with Gasteiger partial charge in [0.1, 0.15) is 0 Å². The summed E-state index contributed by atoms with van der Waals surface area (Å²) < 4.78 is 31.9. The molecule has 0 radical (unpaired) electrons. The molecule has 2 heterocycles. The zero-order valence-electron chi connectivity index (χ0n) is 24.4. The molecule has 1 amide bonds. The number of hydrogen-bond acceptors (Lipinski definition) is 4. The van der Waals surface area contributed by atoms with Crippen LogP contribution in [0, 0.1) is 12.8 Å². The molecule has 0 unspecified atom stereocenters. The molecular formula is C32H44N4O3S. The Labute approximate surface area is 239 Å². The van der Waals surface area contributed by atoms with Crippen molar-refractivity contribution in [3.05, 3.63) is 47.9 Å². The maximum Gasteiger partial charge on any atom is 0.253 e. The third-order valence-electron chi connectivity index (χ3n) is 8.50. The minimum atomic E-state index is -3.76. The number of fused-ring (bicyclic) bond motifs is 1. The number of nitrogens with zero attached hydrogens (tertiary/aromatic N) is 2. The fourth-order valence-corrected chi connectivity index (χ4v) is 8.18. The van der Waals surface area contributed by atoms with Crippen molar-refractivity contribution in [3.63, 3.8) is 0 Å². The summed E-state index contributed by atoms with van der Waals surface area (Å²) in [7, 11) is -3.76. The van der Waals surface area contributed by atoms with Crippen molar-refractivity contribution in [2.45, 2.75) is 115 Å². The van der Waals surface area contributed by atoms with Crippen LogP contribution in [-0.2, 0) is 16.6 Å². The van der Waals surface area contributed by atoms with Gasteiger partial charge in [-0.2, -0.15) is 0 Å². The lowest BCUT2D eigenvalue weighted by atomic mass is 9.89. The summed E-state index contributed by atoms with van der Waals surface area (Å²) in [6.45, 7) is 8.41. The lowest BCUT2D eigenvalue weighted by molar-refractivity contribution is 0.0927. The second-order valence-corrected chi connectivity index (χ2v) is 14.5. The third-order valence-corrected chi connectivity index (χ3v) is 10.3. The van der Waals surface area contributed by atoms with Gasteiger partial charge in [0.15, 0.2) is 0 Å². The molecule has 3 aromatic rings. The number of sulfonamides is 1. The first kappa shape index (κ1) is 28.8. The lowest BCUT2D eigenvalue weighted by Gasteiger charge is -2.25. The maximum atomic E-state index is 13.6. The van der Waals surface area contributed by atoms with Crippen LogP contribution in [-0.4, -0.2) is 35.5 Å². The Balaban J connectivity index is 1.60. The maximum absolute atomic E-state index is 13.6. The molecule has 2 aromatic heterocycles. The zero-order chi connectivity index (χ0) is 28.5. The Bertz CT molecular complexity index is 1470. The van der Waals surface area contributed by atoms with Crippen LogP contribution >= 0.6 is 0 Å². The second kappa shape index (κ2) is 11.6. The van der Waals surface area contributed by atoms with Crippen molar-refractivity contribution < 1.29 is 13.2 Å². The SMILES string of the molecule is Cc1c(C(=O)NC2CCCCC2)cc(-c2ccc(S(=O)(=O)NC(C)(C)C)c3ccncc23)n1CC1CCCCC1. The summed E-state index contributed by atoms with van der Waals surface area (Å²) in [5.41, 5.74) is 2.91. The van der Waals surface area contributed by atoms with Crippen LogP contribution in [0.1, 0.15) is 101 Å². The highest BCUT2D eigenvalue weighted by Crippen LogP contribution is 2.37. The van der Waals surface area contributed by atoms with E-state index in [0.717, 1.165) is 54.6 Å². The molecule has 2 saturated carbocycles. The van der Waals surface area contributed by atoms with Gasteiger partial charge in [-0.25, -0.2) is 13.1 Å². The van der Waals surface area contributed by atoms with Gasteiger partial charge in [-0.15, -0.1) is 0 Å². The third kappa shape index (κ3) is 6.28. The second-order valence-electron chi connectivity index (χ2n) is 12.8. The number of nitrogens with one attached hydrogen (secondary N) is 2. The van der Waals surface area contributed by atoms with Crippen molar-refractivity contribution in [3.8, 4) is 11.3 Å². The minimum Gasteiger partial charge on any atom is -0.349 e. The topological polar surface area (TPSA) is 93.1 Å². The molecule has 1 aromatic carbocycles. The van der Waals surface area contributed by atoms with E-state index in [4.69, 9.17) is 0 Å². The highest BCUT2D eigenvalue weighted by Gasteiger charge is 2.28. The first-order valence-corrected chi connectivity index (χ1v) is 16.4. The Morgan fingerprint density at radius 2 is 1.65 bits per heavy atom. The van der Waals surface area contributed by atoms with E-state index in [9.17, 15) is 13.2 Å². The van der Waals surface area contributed by atoms with Crippen LogP contribution in [0.5, 0.6) is 0 Å². The number of amides is 1. The number of aromatic nitrogens is 2. The first-order chi connectivity index (χ1) is 19.0. The molecule has 5 rings (SSSR count). The van der Waals surface area contributed by atoms with Gasteiger partial charge in [0, 0.05) is 58.2 Å². The Hall–Kier alpha value is -2.71. The molecule has 8 heteroatoms. The van der Waals surface area contributed by atoms with E-state index in [2.05, 4.69) is 26.5 Å². The lowest BCUT2D eigenvalue weighted by Crippen LogP contribution is -2.40. The number of hydrogen-bond donors (Lipinski definition) is 2. The van der Waals surface area contributed by atoms with E-state index in [-0.39, 0.29) is 16.8 Å². The summed E-state index contributed by atoms with van der Waals surface area (Å²) in [4.78, 5) is 18.2.